The molecule has 1 aromatic rings. The molecule has 1 fully saturated rings. The van der Waals surface area contributed by atoms with Gasteiger partial charge in [0.25, 0.3) is 11.6 Å². The van der Waals surface area contributed by atoms with Crippen molar-refractivity contribution in [3.63, 3.8) is 0 Å². The van der Waals surface area contributed by atoms with E-state index in [1.165, 1.54) is 18.2 Å². The lowest BCUT2D eigenvalue weighted by atomic mass is 10.1. The third-order valence-electron chi connectivity index (χ3n) is 3.46. The van der Waals surface area contributed by atoms with Crippen LogP contribution >= 0.6 is 0 Å². The second kappa shape index (κ2) is 5.87. The Balaban J connectivity index is 2.20. The lowest BCUT2D eigenvalue weighted by Gasteiger charge is -2.29. The molecule has 1 aliphatic rings. The highest BCUT2D eigenvalue weighted by Crippen LogP contribution is 2.26. The van der Waals surface area contributed by atoms with E-state index in [9.17, 15) is 20.0 Å². The van der Waals surface area contributed by atoms with Crippen molar-refractivity contribution in [3.8, 4) is 0 Å². The predicted molar refractivity (Wildman–Crippen MR) is 73.8 cm³/mol. The van der Waals surface area contributed by atoms with Gasteiger partial charge in [-0.15, -0.1) is 0 Å². The first-order chi connectivity index (χ1) is 9.52. The number of benzene rings is 1. The van der Waals surface area contributed by atoms with Gasteiger partial charge in [-0.05, 0) is 25.0 Å². The van der Waals surface area contributed by atoms with Crippen molar-refractivity contribution in [3.05, 3.63) is 33.9 Å². The van der Waals surface area contributed by atoms with Gasteiger partial charge in [0.2, 0.25) is 0 Å². The normalized spacial score (nSPS) is 16.0. The third-order valence-corrected chi connectivity index (χ3v) is 3.46. The van der Waals surface area contributed by atoms with Crippen molar-refractivity contribution in [2.75, 3.05) is 25.5 Å². The number of likely N-dealkylation sites (tertiary alicyclic amines) is 1. The summed E-state index contributed by atoms with van der Waals surface area (Å²) >= 11 is 0. The Kier molecular flexibility index (Phi) is 4.19. The Labute approximate surface area is 116 Å². The van der Waals surface area contributed by atoms with E-state index in [0.29, 0.717) is 37.2 Å². The molecule has 0 atom stereocenters. The summed E-state index contributed by atoms with van der Waals surface area (Å²) in [6, 6.07) is 4.29. The van der Waals surface area contributed by atoms with Crippen LogP contribution in [0.1, 0.15) is 23.2 Å². The number of aliphatic hydroxyl groups is 1. The maximum absolute atomic E-state index is 12.3. The number of carbonyl (C=O) groups excluding carboxylic acids is 1. The Hall–Kier alpha value is -2.15. The van der Waals surface area contributed by atoms with E-state index in [2.05, 4.69) is 5.32 Å². The first kappa shape index (κ1) is 14.3. The van der Waals surface area contributed by atoms with Crippen molar-refractivity contribution in [1.29, 1.82) is 0 Å². The summed E-state index contributed by atoms with van der Waals surface area (Å²) in [6.07, 6.45) is 0.790. The Morgan fingerprint density at radius 1 is 1.45 bits per heavy atom. The van der Waals surface area contributed by atoms with Crippen LogP contribution in [0.2, 0.25) is 0 Å². The highest BCUT2D eigenvalue weighted by molar-refractivity contribution is 5.96. The monoisotopic (exact) mass is 279 g/mol. The van der Waals surface area contributed by atoms with Gasteiger partial charge in [-0.2, -0.15) is 0 Å². The van der Waals surface area contributed by atoms with E-state index in [4.69, 9.17) is 0 Å². The molecule has 0 unspecified atom stereocenters. The molecule has 0 bridgehead atoms. The minimum atomic E-state index is -0.489. The molecule has 108 valence electrons. The van der Waals surface area contributed by atoms with E-state index in [1.54, 1.807) is 11.9 Å². The van der Waals surface area contributed by atoms with Crippen molar-refractivity contribution >= 4 is 17.3 Å². The molecule has 20 heavy (non-hydrogen) atoms. The summed E-state index contributed by atoms with van der Waals surface area (Å²) in [5.74, 6) is -0.164. The third kappa shape index (κ3) is 2.88. The number of piperidine rings is 1. The summed E-state index contributed by atoms with van der Waals surface area (Å²) in [7, 11) is 1.58. The number of nitrogens with one attached hydrogen (secondary N) is 1. The maximum Gasteiger partial charge on any atom is 0.292 e. The van der Waals surface area contributed by atoms with Crippen LogP contribution in [0.3, 0.4) is 0 Å². The van der Waals surface area contributed by atoms with E-state index in [0.717, 1.165) is 0 Å². The predicted octanol–water partition coefficient (Wildman–Crippen LogP) is 1.23. The molecule has 0 radical (unpaired) electrons. The van der Waals surface area contributed by atoms with Crippen LogP contribution < -0.4 is 5.32 Å². The smallest absolute Gasteiger partial charge is 0.292 e. The van der Waals surface area contributed by atoms with Gasteiger partial charge in [-0.25, -0.2) is 0 Å². The van der Waals surface area contributed by atoms with Crippen LogP contribution in [0.15, 0.2) is 18.2 Å². The molecule has 0 saturated carbocycles. The van der Waals surface area contributed by atoms with Gasteiger partial charge < -0.3 is 15.3 Å². The molecule has 1 aliphatic heterocycles. The topological polar surface area (TPSA) is 95.7 Å². The summed E-state index contributed by atoms with van der Waals surface area (Å²) in [5.41, 5.74) is 0.673. The van der Waals surface area contributed by atoms with E-state index in [1.807, 2.05) is 0 Å². The number of aliphatic hydroxyl groups excluding tert-OH is 1. The number of nitro groups is 1. The molecule has 2 rings (SSSR count). The van der Waals surface area contributed by atoms with Crippen molar-refractivity contribution in [1.82, 2.24) is 4.90 Å². The van der Waals surface area contributed by atoms with Gasteiger partial charge in [0.15, 0.2) is 0 Å². The second-order valence-corrected chi connectivity index (χ2v) is 4.76. The number of nitrogens with zero attached hydrogens (tertiary/aromatic N) is 2. The van der Waals surface area contributed by atoms with Crippen LogP contribution in [0.5, 0.6) is 0 Å². The highest BCUT2D eigenvalue weighted by Gasteiger charge is 2.24. The van der Waals surface area contributed by atoms with Crippen molar-refractivity contribution in [2.45, 2.75) is 18.9 Å². The van der Waals surface area contributed by atoms with Crippen LogP contribution in [-0.2, 0) is 0 Å². The van der Waals surface area contributed by atoms with Crippen LogP contribution in [-0.4, -0.2) is 47.1 Å². The first-order valence-corrected chi connectivity index (χ1v) is 6.46. The van der Waals surface area contributed by atoms with E-state index >= 15 is 0 Å². The fourth-order valence-corrected chi connectivity index (χ4v) is 2.28. The number of nitro benzene ring substituents is 1. The number of anilines is 1. The van der Waals surface area contributed by atoms with Crippen LogP contribution in [0.25, 0.3) is 0 Å². The standard InChI is InChI=1S/C13H17N3O4/c1-14-11-8-9(2-3-12(11)16(19)20)13(18)15-6-4-10(17)5-7-15/h2-3,8,10,14,17H,4-7H2,1H3. The zero-order chi connectivity index (χ0) is 14.7. The second-order valence-electron chi connectivity index (χ2n) is 4.76. The van der Waals surface area contributed by atoms with Gasteiger partial charge in [0.1, 0.15) is 5.69 Å². The van der Waals surface area contributed by atoms with Gasteiger partial charge in [-0.1, -0.05) is 0 Å². The molecule has 1 amide bonds. The quantitative estimate of drug-likeness (QED) is 0.641. The molecule has 0 spiro atoms. The van der Waals surface area contributed by atoms with E-state index < -0.39 is 4.92 Å². The molecule has 2 N–H and O–H groups in total. The zero-order valence-corrected chi connectivity index (χ0v) is 11.2. The molecule has 1 aromatic carbocycles. The Morgan fingerprint density at radius 3 is 2.65 bits per heavy atom. The van der Waals surface area contributed by atoms with Gasteiger partial charge in [0, 0.05) is 31.8 Å². The van der Waals surface area contributed by atoms with Crippen molar-refractivity contribution < 1.29 is 14.8 Å². The molecule has 0 aromatic heterocycles. The summed E-state index contributed by atoms with van der Waals surface area (Å²) in [4.78, 5) is 24.3. The number of hydrogen-bond donors (Lipinski definition) is 2. The number of rotatable bonds is 3. The molecule has 0 aliphatic carbocycles. The molecule has 7 heteroatoms. The maximum atomic E-state index is 12.3. The molecule has 1 saturated heterocycles. The summed E-state index contributed by atoms with van der Waals surface area (Å²) in [6.45, 7) is 1.01. The number of amides is 1. The summed E-state index contributed by atoms with van der Waals surface area (Å²) < 4.78 is 0. The van der Waals surface area contributed by atoms with Gasteiger partial charge in [-0.3, -0.25) is 14.9 Å². The fraction of sp³-hybridized carbons (Fsp3) is 0.462. The van der Waals surface area contributed by atoms with Gasteiger partial charge >= 0.3 is 0 Å². The minimum absolute atomic E-state index is 0.0573. The highest BCUT2D eigenvalue weighted by atomic mass is 16.6. The summed E-state index contributed by atoms with van der Waals surface area (Å²) in [5, 5.41) is 23.0. The molecule has 7 nitrogen and oxygen atoms in total. The fourth-order valence-electron chi connectivity index (χ4n) is 2.28. The first-order valence-electron chi connectivity index (χ1n) is 6.46. The zero-order valence-electron chi connectivity index (χ0n) is 11.2. The van der Waals surface area contributed by atoms with Crippen LogP contribution in [0.4, 0.5) is 11.4 Å². The van der Waals surface area contributed by atoms with Gasteiger partial charge in [0.05, 0.1) is 11.0 Å². The Morgan fingerprint density at radius 2 is 2.10 bits per heavy atom. The number of hydrogen-bond acceptors (Lipinski definition) is 5. The largest absolute Gasteiger partial charge is 0.393 e. The molecular weight excluding hydrogens is 262 g/mol. The number of carbonyl (C=O) groups is 1. The van der Waals surface area contributed by atoms with E-state index in [-0.39, 0.29) is 17.7 Å². The SMILES string of the molecule is CNc1cc(C(=O)N2CCC(O)CC2)ccc1[N+](=O)[O-]. The molecular formula is C13H17N3O4. The average Bonchev–Trinajstić information content (AvgIpc) is 2.46. The average molecular weight is 279 g/mol. The lowest BCUT2D eigenvalue weighted by molar-refractivity contribution is -0.383. The molecule has 1 heterocycles. The lowest BCUT2D eigenvalue weighted by Crippen LogP contribution is -2.40. The van der Waals surface area contributed by atoms with Crippen molar-refractivity contribution in [2.24, 2.45) is 0 Å². The van der Waals surface area contributed by atoms with Crippen LogP contribution in [0, 0.1) is 10.1 Å². The minimum Gasteiger partial charge on any atom is -0.393 e. The Bertz CT molecular complexity index is 524.